The van der Waals surface area contributed by atoms with Crippen molar-refractivity contribution in [3.8, 4) is 5.75 Å². The maximum Gasteiger partial charge on any atom is 0.174 e. The largest absolute Gasteiger partial charge is 0.467 e. The molecule has 0 aliphatic carbocycles. The minimum Gasteiger partial charge on any atom is -0.467 e. The van der Waals surface area contributed by atoms with Crippen molar-refractivity contribution < 1.29 is 4.74 Å². The summed E-state index contributed by atoms with van der Waals surface area (Å²) in [5, 5.41) is 0. The molecule has 1 aromatic rings. The zero-order valence-electron chi connectivity index (χ0n) is 7.11. The number of pyridine rings is 1. The Morgan fingerprint density at radius 2 is 2.42 bits per heavy atom. The summed E-state index contributed by atoms with van der Waals surface area (Å²) in [6, 6.07) is 1.79. The average molecular weight is 165 g/mol. The Kier molecular flexibility index (Phi) is 1.36. The molecule has 0 aromatic carbocycles. The minimum absolute atomic E-state index is 0.0503. The van der Waals surface area contributed by atoms with Gasteiger partial charge < -0.3 is 15.4 Å². The molecule has 2 N–H and O–H groups in total. The van der Waals surface area contributed by atoms with E-state index in [1.165, 1.54) is 0 Å². The van der Waals surface area contributed by atoms with Gasteiger partial charge in [-0.2, -0.15) is 0 Å². The molecule has 1 unspecified atom stereocenters. The highest BCUT2D eigenvalue weighted by molar-refractivity contribution is 5.60. The number of fused-ring (bicyclic) bond motifs is 1. The third-order valence-electron chi connectivity index (χ3n) is 2.03. The Hall–Kier alpha value is -1.45. The Morgan fingerprint density at radius 3 is 3.17 bits per heavy atom. The molecule has 2 heterocycles. The SMILES string of the molecule is CC1Oc2cc(N)cnc2N1C. The summed E-state index contributed by atoms with van der Waals surface area (Å²) in [7, 11) is 1.94. The van der Waals surface area contributed by atoms with Crippen molar-refractivity contribution in [2.75, 3.05) is 17.7 Å². The lowest BCUT2D eigenvalue weighted by Crippen LogP contribution is -2.27. The first-order chi connectivity index (χ1) is 5.68. The van der Waals surface area contributed by atoms with Crippen molar-refractivity contribution >= 4 is 11.5 Å². The molecule has 0 amide bonds. The number of ether oxygens (including phenoxy) is 1. The van der Waals surface area contributed by atoms with Gasteiger partial charge >= 0.3 is 0 Å². The number of rotatable bonds is 0. The molecular weight excluding hydrogens is 154 g/mol. The van der Waals surface area contributed by atoms with Crippen LogP contribution >= 0.6 is 0 Å². The maximum atomic E-state index is 5.56. The number of nitrogens with zero attached hydrogens (tertiary/aromatic N) is 2. The fraction of sp³-hybridized carbons (Fsp3) is 0.375. The molecule has 1 aliphatic heterocycles. The van der Waals surface area contributed by atoms with Gasteiger partial charge in [-0.1, -0.05) is 0 Å². The summed E-state index contributed by atoms with van der Waals surface area (Å²) in [5.74, 6) is 1.63. The van der Waals surface area contributed by atoms with Gasteiger partial charge in [0.05, 0.1) is 11.9 Å². The number of aromatic nitrogens is 1. The molecule has 1 aliphatic rings. The van der Waals surface area contributed by atoms with Gasteiger partial charge in [-0.15, -0.1) is 0 Å². The van der Waals surface area contributed by atoms with E-state index in [0.29, 0.717) is 5.69 Å². The molecule has 4 heteroatoms. The van der Waals surface area contributed by atoms with Gasteiger partial charge in [0.25, 0.3) is 0 Å². The Balaban J connectivity index is 2.47. The zero-order chi connectivity index (χ0) is 8.72. The van der Waals surface area contributed by atoms with Gasteiger partial charge in [-0.05, 0) is 6.92 Å². The summed E-state index contributed by atoms with van der Waals surface area (Å²) in [6.07, 6.45) is 1.69. The van der Waals surface area contributed by atoms with E-state index in [1.54, 1.807) is 12.3 Å². The molecule has 0 saturated heterocycles. The topological polar surface area (TPSA) is 51.4 Å². The van der Waals surface area contributed by atoms with Crippen molar-refractivity contribution in [1.29, 1.82) is 0 Å². The van der Waals surface area contributed by atoms with Crippen LogP contribution < -0.4 is 15.4 Å². The number of hydrogen-bond acceptors (Lipinski definition) is 4. The molecular formula is C8H11N3O. The summed E-state index contributed by atoms with van der Waals surface area (Å²) < 4.78 is 5.48. The van der Waals surface area contributed by atoms with Crippen LogP contribution in [0, 0.1) is 0 Å². The van der Waals surface area contributed by atoms with E-state index in [-0.39, 0.29) is 6.23 Å². The van der Waals surface area contributed by atoms with Crippen LogP contribution in [0.5, 0.6) is 5.75 Å². The molecule has 12 heavy (non-hydrogen) atoms. The minimum atomic E-state index is 0.0503. The molecule has 64 valence electrons. The molecule has 1 aromatic heterocycles. The van der Waals surface area contributed by atoms with Crippen molar-refractivity contribution in [3.05, 3.63) is 12.3 Å². The van der Waals surface area contributed by atoms with Gasteiger partial charge in [-0.25, -0.2) is 4.98 Å². The predicted octanol–water partition coefficient (Wildman–Crippen LogP) is 0.838. The van der Waals surface area contributed by atoms with E-state index in [1.807, 2.05) is 18.9 Å². The van der Waals surface area contributed by atoms with E-state index in [4.69, 9.17) is 10.5 Å². The van der Waals surface area contributed by atoms with Crippen LogP contribution in [-0.4, -0.2) is 18.3 Å². The Morgan fingerprint density at radius 1 is 1.67 bits per heavy atom. The number of nitrogens with two attached hydrogens (primary N) is 1. The molecule has 0 radical (unpaired) electrons. The highest BCUT2D eigenvalue weighted by Crippen LogP contribution is 2.34. The van der Waals surface area contributed by atoms with Crippen LogP contribution in [0.1, 0.15) is 6.92 Å². The van der Waals surface area contributed by atoms with Crippen LogP contribution in [0.15, 0.2) is 12.3 Å². The molecule has 4 nitrogen and oxygen atoms in total. The molecule has 1 atom stereocenters. The van der Waals surface area contributed by atoms with E-state index >= 15 is 0 Å². The number of hydrogen-bond donors (Lipinski definition) is 1. The van der Waals surface area contributed by atoms with Gasteiger partial charge in [0.1, 0.15) is 0 Å². The maximum absolute atomic E-state index is 5.56. The van der Waals surface area contributed by atoms with Crippen LogP contribution in [0.4, 0.5) is 11.5 Å². The van der Waals surface area contributed by atoms with Crippen LogP contribution in [0.3, 0.4) is 0 Å². The van der Waals surface area contributed by atoms with E-state index < -0.39 is 0 Å². The van der Waals surface area contributed by atoms with Gasteiger partial charge in [0.15, 0.2) is 17.8 Å². The smallest absolute Gasteiger partial charge is 0.174 e. The second-order valence-electron chi connectivity index (χ2n) is 2.92. The summed E-state index contributed by atoms with van der Waals surface area (Å²) >= 11 is 0. The number of nitrogen functional groups attached to an aromatic ring is 1. The highest BCUT2D eigenvalue weighted by Gasteiger charge is 2.25. The lowest BCUT2D eigenvalue weighted by atomic mass is 10.4. The summed E-state index contributed by atoms with van der Waals surface area (Å²) in [6.45, 7) is 1.97. The third kappa shape index (κ3) is 0.879. The first-order valence-corrected chi connectivity index (χ1v) is 3.83. The molecule has 2 rings (SSSR count). The van der Waals surface area contributed by atoms with Crippen molar-refractivity contribution in [3.63, 3.8) is 0 Å². The van der Waals surface area contributed by atoms with E-state index in [2.05, 4.69) is 4.98 Å². The number of anilines is 2. The van der Waals surface area contributed by atoms with Gasteiger partial charge in [-0.3, -0.25) is 0 Å². The molecule has 0 spiro atoms. The van der Waals surface area contributed by atoms with Crippen molar-refractivity contribution in [2.45, 2.75) is 13.2 Å². The fourth-order valence-electron chi connectivity index (χ4n) is 1.24. The first-order valence-electron chi connectivity index (χ1n) is 3.83. The lowest BCUT2D eigenvalue weighted by molar-refractivity contribution is 0.251. The van der Waals surface area contributed by atoms with Crippen molar-refractivity contribution in [1.82, 2.24) is 4.98 Å². The third-order valence-corrected chi connectivity index (χ3v) is 2.03. The average Bonchev–Trinajstić information content (AvgIpc) is 2.28. The highest BCUT2D eigenvalue weighted by atomic mass is 16.5. The van der Waals surface area contributed by atoms with Crippen LogP contribution in [0.25, 0.3) is 0 Å². The molecule has 0 bridgehead atoms. The van der Waals surface area contributed by atoms with E-state index in [0.717, 1.165) is 11.6 Å². The fourth-order valence-corrected chi connectivity index (χ4v) is 1.24. The van der Waals surface area contributed by atoms with Crippen molar-refractivity contribution in [2.24, 2.45) is 0 Å². The molecule has 0 fully saturated rings. The van der Waals surface area contributed by atoms with Crippen LogP contribution in [0.2, 0.25) is 0 Å². The van der Waals surface area contributed by atoms with Gasteiger partial charge in [0.2, 0.25) is 0 Å². The Bertz CT molecular complexity index is 313. The normalized spacial score (nSPS) is 20.5. The second-order valence-corrected chi connectivity index (χ2v) is 2.92. The predicted molar refractivity (Wildman–Crippen MR) is 47.1 cm³/mol. The summed E-state index contributed by atoms with van der Waals surface area (Å²) in [5.41, 5.74) is 6.20. The van der Waals surface area contributed by atoms with Crippen LogP contribution in [-0.2, 0) is 0 Å². The van der Waals surface area contributed by atoms with E-state index in [9.17, 15) is 0 Å². The second kappa shape index (κ2) is 2.27. The summed E-state index contributed by atoms with van der Waals surface area (Å²) in [4.78, 5) is 6.13. The lowest BCUT2D eigenvalue weighted by Gasteiger charge is -2.13. The van der Waals surface area contributed by atoms with Gasteiger partial charge in [0, 0.05) is 13.1 Å². The molecule has 0 saturated carbocycles. The Labute approximate surface area is 71.0 Å². The zero-order valence-corrected chi connectivity index (χ0v) is 7.11. The monoisotopic (exact) mass is 165 g/mol. The quantitative estimate of drug-likeness (QED) is 0.619. The standard InChI is InChI=1S/C8H11N3O/c1-5-11(2)8-7(12-5)3-6(9)4-10-8/h3-5H,9H2,1-2H3. The first kappa shape index (κ1) is 7.21.